The van der Waals surface area contributed by atoms with Crippen LogP contribution in [0.25, 0.3) is 0 Å². The van der Waals surface area contributed by atoms with E-state index in [1.807, 2.05) is 21.6 Å². The van der Waals surface area contributed by atoms with Gasteiger partial charge in [-0.1, -0.05) is 91.0 Å². The highest BCUT2D eigenvalue weighted by Gasteiger charge is 2.29. The van der Waals surface area contributed by atoms with Crippen molar-refractivity contribution in [2.75, 3.05) is 0 Å². The first-order valence-corrected chi connectivity index (χ1v) is 8.27. The fraction of sp³-hybridized carbons (Fsp3) is 1.00. The van der Waals surface area contributed by atoms with E-state index in [4.69, 9.17) is 34.8 Å². The molecule has 0 heterocycles. The lowest BCUT2D eigenvalue weighted by Gasteiger charge is -2.26. The Balaban J connectivity index is 4.18. The third-order valence-corrected chi connectivity index (χ3v) is 6.15. The van der Waals surface area contributed by atoms with E-state index in [0.29, 0.717) is 17.6 Å². The van der Waals surface area contributed by atoms with Crippen molar-refractivity contribution in [1.82, 2.24) is 0 Å². The topological polar surface area (TPSA) is 0 Å². The largest absolute Gasteiger partial charge is 0.191 e. The Morgan fingerprint density at radius 3 is 1.80 bits per heavy atom. The normalized spacial score (nSPS) is 15.8. The summed E-state index contributed by atoms with van der Waals surface area (Å²) in [5.74, 6) is 0.514. The zero-order valence-electron chi connectivity index (χ0n) is 9.81. The first kappa shape index (κ1) is 16.6. The Kier molecular flexibility index (Phi) is 7.17. The lowest BCUT2D eigenvalue weighted by molar-refractivity contribution is 0.581. The van der Waals surface area contributed by atoms with Crippen LogP contribution in [0.4, 0.5) is 0 Å². The minimum atomic E-state index is -1.14. The molecule has 0 aliphatic heterocycles. The van der Waals surface area contributed by atoms with Gasteiger partial charge < -0.3 is 0 Å². The maximum Gasteiger partial charge on any atom is 0.191 e. The molecule has 0 amide bonds. The molecule has 0 N–H and O–H groups in total. The summed E-state index contributed by atoms with van der Waals surface area (Å²) in [6.45, 7) is 10.9. The molecule has 0 radical (unpaired) electrons. The van der Waals surface area contributed by atoms with Crippen molar-refractivity contribution in [3.63, 3.8) is 0 Å². The van der Waals surface area contributed by atoms with Gasteiger partial charge >= 0.3 is 0 Å². The van der Waals surface area contributed by atoms with Gasteiger partial charge in [-0.2, -0.15) is 0 Å². The molecule has 5 heteroatoms. The van der Waals surface area contributed by atoms with Crippen LogP contribution >= 0.6 is 56.4 Å². The Labute approximate surface area is 117 Å². The van der Waals surface area contributed by atoms with Crippen molar-refractivity contribution >= 4 is 56.4 Å². The molecule has 0 spiro atoms. The number of hydrogen-bond acceptors (Lipinski definition) is 2. The van der Waals surface area contributed by atoms with Gasteiger partial charge in [-0.15, -0.1) is 0 Å². The Bertz CT molecular complexity index is 182. The molecule has 15 heavy (non-hydrogen) atoms. The molecule has 0 aliphatic rings. The summed E-state index contributed by atoms with van der Waals surface area (Å²) in [7, 11) is 3.68. The predicted molar refractivity (Wildman–Crippen MR) is 78.5 cm³/mol. The first-order valence-electron chi connectivity index (χ1n) is 4.92. The minimum Gasteiger partial charge on any atom is -0.0898 e. The number of hydrogen-bond donors (Lipinski definition) is 0. The molecule has 0 aromatic rings. The van der Waals surface area contributed by atoms with Crippen LogP contribution in [0, 0.1) is 5.92 Å². The van der Waals surface area contributed by atoms with Gasteiger partial charge in [0, 0.05) is 16.4 Å². The summed E-state index contributed by atoms with van der Waals surface area (Å²) < 4.78 is -0.897. The summed E-state index contributed by atoms with van der Waals surface area (Å²) in [5, 5.41) is 0.377. The van der Waals surface area contributed by atoms with Crippen LogP contribution in [0.15, 0.2) is 0 Å². The average Bonchev–Trinajstić information content (AvgIpc) is 1.93. The molecule has 0 fully saturated rings. The van der Waals surface area contributed by atoms with Crippen LogP contribution in [0.5, 0.6) is 0 Å². The summed E-state index contributed by atoms with van der Waals surface area (Å²) >= 11 is 17.5. The number of alkyl halides is 3. The highest BCUT2D eigenvalue weighted by molar-refractivity contribution is 8.77. The highest BCUT2D eigenvalue weighted by Crippen LogP contribution is 2.45. The van der Waals surface area contributed by atoms with Crippen LogP contribution < -0.4 is 0 Å². The molecule has 0 bridgehead atoms. The molecular formula is C10H19Cl3S2. The molecule has 0 unspecified atom stereocenters. The molecule has 92 valence electrons. The van der Waals surface area contributed by atoms with Crippen molar-refractivity contribution < 1.29 is 0 Å². The second kappa shape index (κ2) is 6.49. The van der Waals surface area contributed by atoms with Crippen LogP contribution in [0.3, 0.4) is 0 Å². The van der Waals surface area contributed by atoms with E-state index in [1.54, 1.807) is 0 Å². The molecule has 0 aromatic heterocycles. The van der Waals surface area contributed by atoms with E-state index < -0.39 is 3.79 Å². The van der Waals surface area contributed by atoms with E-state index in [2.05, 4.69) is 34.6 Å². The third kappa shape index (κ3) is 10.4. The smallest absolute Gasteiger partial charge is 0.0898 e. The van der Waals surface area contributed by atoms with Crippen molar-refractivity contribution in [2.45, 2.75) is 54.8 Å². The fourth-order valence-corrected chi connectivity index (χ4v) is 4.65. The average molecular weight is 310 g/mol. The van der Waals surface area contributed by atoms with Crippen molar-refractivity contribution in [2.24, 2.45) is 5.92 Å². The first-order chi connectivity index (χ1) is 6.51. The number of rotatable bonds is 4. The van der Waals surface area contributed by atoms with Gasteiger partial charge in [-0.3, -0.25) is 0 Å². The molecule has 0 saturated carbocycles. The quantitative estimate of drug-likeness (QED) is 0.465. The highest BCUT2D eigenvalue weighted by atomic mass is 35.6. The molecule has 1 atom stereocenters. The maximum atomic E-state index is 5.83. The van der Waals surface area contributed by atoms with Gasteiger partial charge in [0.25, 0.3) is 0 Å². The SMILES string of the molecule is CC(C)[C@@H](CC(Cl)(Cl)Cl)SSC(C)(C)C. The van der Waals surface area contributed by atoms with E-state index in [1.165, 1.54) is 0 Å². The van der Waals surface area contributed by atoms with E-state index in [-0.39, 0.29) is 4.75 Å². The molecule has 0 nitrogen and oxygen atoms in total. The fourth-order valence-electron chi connectivity index (χ4n) is 0.815. The summed E-state index contributed by atoms with van der Waals surface area (Å²) in [6.07, 6.45) is 0.600. The minimum absolute atomic E-state index is 0.241. The lowest BCUT2D eigenvalue weighted by Crippen LogP contribution is -2.19. The van der Waals surface area contributed by atoms with Crippen molar-refractivity contribution in [3.8, 4) is 0 Å². The van der Waals surface area contributed by atoms with Gasteiger partial charge in [0.15, 0.2) is 3.79 Å². The lowest BCUT2D eigenvalue weighted by atomic mass is 10.1. The molecule has 0 rings (SSSR count). The van der Waals surface area contributed by atoms with Crippen LogP contribution in [-0.4, -0.2) is 13.8 Å². The van der Waals surface area contributed by atoms with E-state index in [9.17, 15) is 0 Å². The van der Waals surface area contributed by atoms with Gasteiger partial charge in [-0.05, 0) is 5.92 Å². The summed E-state index contributed by atoms with van der Waals surface area (Å²) in [5.41, 5.74) is 0. The molecule has 0 aromatic carbocycles. The maximum absolute atomic E-state index is 5.83. The van der Waals surface area contributed by atoms with E-state index >= 15 is 0 Å². The monoisotopic (exact) mass is 308 g/mol. The van der Waals surface area contributed by atoms with Gasteiger partial charge in [0.05, 0.1) is 0 Å². The van der Waals surface area contributed by atoms with Crippen LogP contribution in [0.1, 0.15) is 41.0 Å². The van der Waals surface area contributed by atoms with Gasteiger partial charge in [0.2, 0.25) is 0 Å². The zero-order valence-corrected chi connectivity index (χ0v) is 13.7. The zero-order chi connectivity index (χ0) is 12.3. The summed E-state index contributed by atoms with van der Waals surface area (Å²) in [4.78, 5) is 0. The molecular weight excluding hydrogens is 291 g/mol. The van der Waals surface area contributed by atoms with E-state index in [0.717, 1.165) is 0 Å². The third-order valence-electron chi connectivity index (χ3n) is 1.60. The second-order valence-electron chi connectivity index (χ2n) is 4.89. The van der Waals surface area contributed by atoms with Gasteiger partial charge in [-0.25, -0.2) is 0 Å². The second-order valence-corrected chi connectivity index (χ2v) is 10.7. The Morgan fingerprint density at radius 2 is 1.53 bits per heavy atom. The Hall–Kier alpha value is 1.57. The molecule has 0 aliphatic carbocycles. The van der Waals surface area contributed by atoms with Crippen molar-refractivity contribution in [1.29, 1.82) is 0 Å². The summed E-state index contributed by atoms with van der Waals surface area (Å²) in [6, 6.07) is 0. The van der Waals surface area contributed by atoms with Crippen LogP contribution in [-0.2, 0) is 0 Å². The van der Waals surface area contributed by atoms with Gasteiger partial charge in [0.1, 0.15) is 0 Å². The predicted octanol–water partition coefficient (Wildman–Crippen LogP) is 5.95. The standard InChI is InChI=1S/C10H19Cl3S2/c1-7(2)8(6-10(11,12)13)14-15-9(3,4)5/h7-8H,6H2,1-5H3/t8-/m1/s1. The van der Waals surface area contributed by atoms with Crippen molar-refractivity contribution in [3.05, 3.63) is 0 Å². The molecule has 0 saturated heterocycles. The van der Waals surface area contributed by atoms with Crippen LogP contribution in [0.2, 0.25) is 0 Å². The number of halogens is 3. The Morgan fingerprint density at radius 1 is 1.07 bits per heavy atom.